The van der Waals surface area contributed by atoms with Gasteiger partial charge in [0.15, 0.2) is 5.82 Å². The molecule has 0 radical (unpaired) electrons. The van der Waals surface area contributed by atoms with Crippen molar-refractivity contribution >= 4 is 11.5 Å². The maximum absolute atomic E-state index is 11.9. The summed E-state index contributed by atoms with van der Waals surface area (Å²) in [5.74, 6) is 0.923. The summed E-state index contributed by atoms with van der Waals surface area (Å²) in [6.07, 6.45) is 2.38. The Morgan fingerprint density at radius 1 is 1.12 bits per heavy atom. The van der Waals surface area contributed by atoms with Gasteiger partial charge in [0, 0.05) is 26.2 Å². The summed E-state index contributed by atoms with van der Waals surface area (Å²) in [7, 11) is 0. The van der Waals surface area contributed by atoms with Crippen molar-refractivity contribution in [2.45, 2.75) is 39.8 Å². The van der Waals surface area contributed by atoms with E-state index < -0.39 is 0 Å². The molecule has 1 aromatic rings. The van der Waals surface area contributed by atoms with Crippen LogP contribution in [0, 0.1) is 0 Å². The molecule has 1 fully saturated rings. The molecule has 5 heteroatoms. The first-order valence-electron chi connectivity index (χ1n) is 6.04. The van der Waals surface area contributed by atoms with E-state index in [1.807, 2.05) is 18.5 Å². The van der Waals surface area contributed by atoms with Crippen LogP contribution in [0.2, 0.25) is 0 Å². The van der Waals surface area contributed by atoms with E-state index >= 15 is 0 Å². The van der Waals surface area contributed by atoms with E-state index in [4.69, 9.17) is 5.73 Å². The highest BCUT2D eigenvalue weighted by molar-refractivity contribution is 5.63. The number of hydrogen-bond donors (Lipinski definition) is 1. The summed E-state index contributed by atoms with van der Waals surface area (Å²) < 4.78 is 3.73. The first-order chi connectivity index (χ1) is 7.70. The molecular weight excluding hydrogens is 204 g/mol. The van der Waals surface area contributed by atoms with E-state index in [1.54, 1.807) is 4.68 Å². The molecule has 1 saturated heterocycles. The highest BCUT2D eigenvalue weighted by atomic mass is 16.1. The van der Waals surface area contributed by atoms with Gasteiger partial charge in [0.2, 0.25) is 0 Å². The zero-order chi connectivity index (χ0) is 11.7. The summed E-state index contributed by atoms with van der Waals surface area (Å²) in [6, 6.07) is 0. The van der Waals surface area contributed by atoms with Gasteiger partial charge in [0.25, 0.3) is 5.56 Å². The van der Waals surface area contributed by atoms with E-state index in [0.29, 0.717) is 12.2 Å². The first kappa shape index (κ1) is 11.1. The van der Waals surface area contributed by atoms with Gasteiger partial charge in [0.05, 0.1) is 0 Å². The Kier molecular flexibility index (Phi) is 2.94. The molecule has 1 aliphatic heterocycles. The Labute approximate surface area is 95.4 Å². The second-order valence-electron chi connectivity index (χ2n) is 4.17. The molecule has 2 heterocycles. The van der Waals surface area contributed by atoms with Crippen molar-refractivity contribution in [3.63, 3.8) is 0 Å². The molecule has 5 nitrogen and oxygen atoms in total. The Balaban J connectivity index is 2.54. The van der Waals surface area contributed by atoms with Crippen molar-refractivity contribution in [2.75, 3.05) is 23.7 Å². The van der Waals surface area contributed by atoms with Crippen LogP contribution in [0.5, 0.6) is 0 Å². The molecule has 0 bridgehead atoms. The van der Waals surface area contributed by atoms with Crippen LogP contribution in [0.15, 0.2) is 4.79 Å². The quantitative estimate of drug-likeness (QED) is 0.829. The van der Waals surface area contributed by atoms with E-state index in [2.05, 4.69) is 4.90 Å². The fourth-order valence-corrected chi connectivity index (χ4v) is 2.50. The van der Waals surface area contributed by atoms with E-state index in [-0.39, 0.29) is 5.56 Å². The minimum atomic E-state index is -0.0498. The van der Waals surface area contributed by atoms with Crippen molar-refractivity contribution in [2.24, 2.45) is 0 Å². The highest BCUT2D eigenvalue weighted by Gasteiger charge is 2.23. The van der Waals surface area contributed by atoms with Gasteiger partial charge in [-0.1, -0.05) is 0 Å². The van der Waals surface area contributed by atoms with E-state index in [0.717, 1.165) is 25.5 Å². The van der Waals surface area contributed by atoms with Crippen molar-refractivity contribution in [1.29, 1.82) is 0 Å². The molecule has 0 saturated carbocycles. The number of nitrogen functional groups attached to an aromatic ring is 1. The molecule has 0 atom stereocenters. The lowest BCUT2D eigenvalue weighted by atomic mass is 10.4. The molecule has 16 heavy (non-hydrogen) atoms. The van der Waals surface area contributed by atoms with Gasteiger partial charge < -0.3 is 10.6 Å². The fraction of sp³-hybridized carbons (Fsp3) is 0.727. The predicted octanol–water partition coefficient (Wildman–Crippen LogP) is 0.872. The van der Waals surface area contributed by atoms with Crippen LogP contribution in [0.4, 0.5) is 11.5 Å². The average molecular weight is 224 g/mol. The Morgan fingerprint density at radius 2 is 1.69 bits per heavy atom. The van der Waals surface area contributed by atoms with Crippen LogP contribution in [-0.4, -0.2) is 22.5 Å². The second kappa shape index (κ2) is 4.23. The molecule has 90 valence electrons. The van der Waals surface area contributed by atoms with Crippen LogP contribution in [0.25, 0.3) is 0 Å². The summed E-state index contributed by atoms with van der Waals surface area (Å²) in [4.78, 5) is 14.2. The van der Waals surface area contributed by atoms with E-state index in [1.165, 1.54) is 12.8 Å². The molecule has 0 amide bonds. The highest BCUT2D eigenvalue weighted by Crippen LogP contribution is 2.25. The standard InChI is InChI=1S/C11H20N4O/c1-3-14-10(13-7-5-6-8-13)9(12)11(16)15(14)4-2/h3-8,12H2,1-2H3. The van der Waals surface area contributed by atoms with Gasteiger partial charge in [-0.25, -0.2) is 4.68 Å². The minimum Gasteiger partial charge on any atom is -0.391 e. The molecule has 1 aliphatic rings. The maximum Gasteiger partial charge on any atom is 0.292 e. The van der Waals surface area contributed by atoms with E-state index in [9.17, 15) is 4.79 Å². The largest absolute Gasteiger partial charge is 0.391 e. The number of anilines is 2. The van der Waals surface area contributed by atoms with Crippen molar-refractivity contribution < 1.29 is 0 Å². The molecule has 0 aliphatic carbocycles. The number of hydrogen-bond acceptors (Lipinski definition) is 3. The van der Waals surface area contributed by atoms with Crippen molar-refractivity contribution in [3.05, 3.63) is 10.4 Å². The van der Waals surface area contributed by atoms with Gasteiger partial charge in [0.1, 0.15) is 5.69 Å². The topological polar surface area (TPSA) is 56.2 Å². The van der Waals surface area contributed by atoms with Crippen molar-refractivity contribution in [1.82, 2.24) is 9.36 Å². The third-order valence-corrected chi connectivity index (χ3v) is 3.25. The third kappa shape index (κ3) is 1.50. The SMILES string of the molecule is CCn1c(N2CCCC2)c(N)c(=O)n1CC. The molecule has 0 unspecified atom stereocenters. The van der Waals surface area contributed by atoms with Crippen LogP contribution < -0.4 is 16.2 Å². The summed E-state index contributed by atoms with van der Waals surface area (Å²) in [6.45, 7) is 7.50. The molecule has 2 N–H and O–H groups in total. The van der Waals surface area contributed by atoms with Gasteiger partial charge >= 0.3 is 0 Å². The zero-order valence-corrected chi connectivity index (χ0v) is 10.1. The lowest BCUT2D eigenvalue weighted by Crippen LogP contribution is -2.25. The first-order valence-corrected chi connectivity index (χ1v) is 6.04. The normalized spacial score (nSPS) is 16.0. The van der Waals surface area contributed by atoms with Gasteiger partial charge in [-0.3, -0.25) is 9.48 Å². The van der Waals surface area contributed by atoms with Crippen molar-refractivity contribution in [3.8, 4) is 0 Å². The zero-order valence-electron chi connectivity index (χ0n) is 10.1. The average Bonchev–Trinajstić information content (AvgIpc) is 2.87. The Hall–Kier alpha value is -1.39. The number of nitrogens with two attached hydrogens (primary N) is 1. The predicted molar refractivity (Wildman–Crippen MR) is 65.9 cm³/mol. The molecule has 0 aromatic carbocycles. The van der Waals surface area contributed by atoms with Gasteiger partial charge in [-0.2, -0.15) is 0 Å². The molecule has 2 rings (SSSR count). The van der Waals surface area contributed by atoms with Crippen LogP contribution in [0.1, 0.15) is 26.7 Å². The van der Waals surface area contributed by atoms with Crippen LogP contribution in [-0.2, 0) is 13.1 Å². The molecular formula is C11H20N4O. The Morgan fingerprint density at radius 3 is 2.19 bits per heavy atom. The van der Waals surface area contributed by atoms with Crippen LogP contribution in [0.3, 0.4) is 0 Å². The summed E-state index contributed by atoms with van der Waals surface area (Å²) in [5, 5.41) is 0. The molecule has 0 spiro atoms. The van der Waals surface area contributed by atoms with Gasteiger partial charge in [-0.15, -0.1) is 0 Å². The lowest BCUT2D eigenvalue weighted by molar-refractivity contribution is 0.476. The number of rotatable bonds is 3. The summed E-state index contributed by atoms with van der Waals surface area (Å²) >= 11 is 0. The van der Waals surface area contributed by atoms with Gasteiger partial charge in [-0.05, 0) is 26.7 Å². The second-order valence-corrected chi connectivity index (χ2v) is 4.17. The summed E-state index contributed by atoms with van der Waals surface area (Å²) in [5.41, 5.74) is 6.30. The Bertz CT molecular complexity index is 426. The van der Waals surface area contributed by atoms with Crippen LogP contribution >= 0.6 is 0 Å². The lowest BCUT2D eigenvalue weighted by Gasteiger charge is -2.20. The smallest absolute Gasteiger partial charge is 0.292 e. The third-order valence-electron chi connectivity index (χ3n) is 3.25. The monoisotopic (exact) mass is 224 g/mol. The number of nitrogens with zero attached hydrogens (tertiary/aromatic N) is 3. The number of aromatic nitrogens is 2. The fourth-order valence-electron chi connectivity index (χ4n) is 2.50. The minimum absolute atomic E-state index is 0.0498. The molecule has 1 aromatic heterocycles. The maximum atomic E-state index is 11.9.